The summed E-state index contributed by atoms with van der Waals surface area (Å²) >= 11 is 0. The first-order valence-corrected chi connectivity index (χ1v) is 7.15. The molecule has 0 fully saturated rings. The lowest BCUT2D eigenvalue weighted by Gasteiger charge is -2.16. The van der Waals surface area contributed by atoms with E-state index in [9.17, 15) is 0 Å². The first kappa shape index (κ1) is 15.4. The maximum absolute atomic E-state index is 5.29. The molecule has 1 atom stereocenters. The number of nitrogens with zero attached hydrogens (tertiary/aromatic N) is 2. The first-order chi connectivity index (χ1) is 10.2. The maximum Gasteiger partial charge on any atom is 0.122 e. The predicted molar refractivity (Wildman–Crippen MR) is 82.7 cm³/mol. The van der Waals surface area contributed by atoms with Gasteiger partial charge in [0.05, 0.1) is 19.9 Å². The minimum atomic E-state index is 0.227. The normalized spacial score (nSPS) is 12.2. The highest BCUT2D eigenvalue weighted by Gasteiger charge is 2.10. The fourth-order valence-corrected chi connectivity index (χ4v) is 2.32. The zero-order valence-electron chi connectivity index (χ0n) is 13.1. The first-order valence-electron chi connectivity index (χ1n) is 7.15. The second-order valence-electron chi connectivity index (χ2n) is 4.90. The van der Waals surface area contributed by atoms with Gasteiger partial charge in [0.2, 0.25) is 0 Å². The summed E-state index contributed by atoms with van der Waals surface area (Å²) < 4.78 is 12.6. The van der Waals surface area contributed by atoms with Crippen molar-refractivity contribution < 1.29 is 9.47 Å². The van der Waals surface area contributed by atoms with Gasteiger partial charge in [-0.15, -0.1) is 0 Å². The third-order valence-electron chi connectivity index (χ3n) is 3.52. The topological polar surface area (TPSA) is 48.3 Å². The molecule has 0 bridgehead atoms. The molecule has 0 aliphatic rings. The van der Waals surface area contributed by atoms with Crippen LogP contribution < -0.4 is 14.8 Å². The number of aryl methyl sites for hydroxylation is 1. The quantitative estimate of drug-likeness (QED) is 0.851. The van der Waals surface area contributed by atoms with Crippen LogP contribution in [0.15, 0.2) is 30.5 Å². The van der Waals surface area contributed by atoms with E-state index in [2.05, 4.69) is 24.3 Å². The lowest BCUT2D eigenvalue weighted by atomic mass is 10.1. The third-order valence-corrected chi connectivity index (χ3v) is 3.52. The van der Waals surface area contributed by atoms with Crippen molar-refractivity contribution in [1.82, 2.24) is 15.1 Å². The Balaban J connectivity index is 2.05. The van der Waals surface area contributed by atoms with Gasteiger partial charge < -0.3 is 14.8 Å². The highest BCUT2D eigenvalue weighted by atomic mass is 16.5. The fraction of sp³-hybridized carbons (Fsp3) is 0.438. The van der Waals surface area contributed by atoms with E-state index in [0.717, 1.165) is 30.2 Å². The molecule has 0 radical (unpaired) electrons. The predicted octanol–water partition coefficient (Wildman–Crippen LogP) is 2.77. The summed E-state index contributed by atoms with van der Waals surface area (Å²) in [6, 6.07) is 8.18. The van der Waals surface area contributed by atoms with E-state index in [1.807, 2.05) is 35.1 Å². The Labute approximate surface area is 125 Å². The van der Waals surface area contributed by atoms with Crippen molar-refractivity contribution >= 4 is 0 Å². The summed E-state index contributed by atoms with van der Waals surface area (Å²) in [5, 5.41) is 7.81. The number of hydrogen-bond donors (Lipinski definition) is 1. The van der Waals surface area contributed by atoms with Gasteiger partial charge in [0.1, 0.15) is 11.5 Å². The van der Waals surface area contributed by atoms with Gasteiger partial charge in [-0.25, -0.2) is 0 Å². The molecular formula is C16H23N3O2. The van der Waals surface area contributed by atoms with Crippen molar-refractivity contribution in [2.24, 2.45) is 0 Å². The van der Waals surface area contributed by atoms with Gasteiger partial charge in [-0.05, 0) is 37.6 Å². The molecule has 0 aliphatic carbocycles. The van der Waals surface area contributed by atoms with Crippen molar-refractivity contribution in [3.63, 3.8) is 0 Å². The van der Waals surface area contributed by atoms with E-state index < -0.39 is 0 Å². The summed E-state index contributed by atoms with van der Waals surface area (Å²) in [5.41, 5.74) is 2.31. The van der Waals surface area contributed by atoms with Crippen LogP contribution in [-0.2, 0) is 13.1 Å². The Bertz CT molecular complexity index is 558. The average Bonchev–Trinajstić information content (AvgIpc) is 3.00. The molecule has 2 aromatic rings. The van der Waals surface area contributed by atoms with Crippen LogP contribution in [0.25, 0.3) is 0 Å². The second-order valence-corrected chi connectivity index (χ2v) is 4.90. The Kier molecular flexibility index (Phi) is 5.22. The zero-order chi connectivity index (χ0) is 15.2. The number of aromatic nitrogens is 2. The Morgan fingerprint density at radius 2 is 1.86 bits per heavy atom. The Morgan fingerprint density at radius 3 is 2.43 bits per heavy atom. The Hall–Kier alpha value is -2.01. The van der Waals surface area contributed by atoms with Crippen LogP contribution in [-0.4, -0.2) is 24.0 Å². The fourth-order valence-electron chi connectivity index (χ4n) is 2.32. The van der Waals surface area contributed by atoms with Crippen LogP contribution in [0.4, 0.5) is 0 Å². The summed E-state index contributed by atoms with van der Waals surface area (Å²) in [6.45, 7) is 5.85. The van der Waals surface area contributed by atoms with Crippen molar-refractivity contribution in [3.8, 4) is 11.5 Å². The average molecular weight is 289 g/mol. The molecule has 5 heteroatoms. The number of hydrogen-bond acceptors (Lipinski definition) is 4. The van der Waals surface area contributed by atoms with E-state index in [1.165, 1.54) is 5.69 Å². The number of benzene rings is 1. The molecule has 0 saturated heterocycles. The molecule has 1 aromatic heterocycles. The van der Waals surface area contributed by atoms with E-state index in [1.54, 1.807) is 14.2 Å². The minimum Gasteiger partial charge on any atom is -0.497 e. The molecule has 114 valence electrons. The third kappa shape index (κ3) is 3.76. The van der Waals surface area contributed by atoms with Gasteiger partial charge in [0, 0.05) is 31.4 Å². The number of nitrogens with one attached hydrogen (secondary N) is 1. The van der Waals surface area contributed by atoms with Gasteiger partial charge in [-0.3, -0.25) is 4.68 Å². The van der Waals surface area contributed by atoms with Crippen LogP contribution in [0, 0.1) is 0 Å². The standard InChI is InChI=1S/C16H23N3O2/c1-5-19-16(6-7-18-19)12(2)17-11-13-8-14(20-3)10-15(9-13)21-4/h6-10,12,17H,5,11H2,1-4H3. The maximum atomic E-state index is 5.29. The molecule has 2 rings (SSSR count). The summed E-state index contributed by atoms with van der Waals surface area (Å²) in [7, 11) is 3.32. The van der Waals surface area contributed by atoms with Crippen molar-refractivity contribution in [2.45, 2.75) is 33.0 Å². The molecule has 1 unspecified atom stereocenters. The lowest BCUT2D eigenvalue weighted by Crippen LogP contribution is -2.21. The van der Waals surface area contributed by atoms with Crippen molar-refractivity contribution in [3.05, 3.63) is 41.7 Å². The van der Waals surface area contributed by atoms with Gasteiger partial charge in [0.15, 0.2) is 0 Å². The van der Waals surface area contributed by atoms with Gasteiger partial charge in [-0.2, -0.15) is 5.10 Å². The molecule has 0 aliphatic heterocycles. The van der Waals surface area contributed by atoms with Gasteiger partial charge in [0.25, 0.3) is 0 Å². The minimum absolute atomic E-state index is 0.227. The molecule has 0 spiro atoms. The van der Waals surface area contributed by atoms with Crippen LogP contribution >= 0.6 is 0 Å². The zero-order valence-corrected chi connectivity index (χ0v) is 13.1. The smallest absolute Gasteiger partial charge is 0.122 e. The second kappa shape index (κ2) is 7.13. The van der Waals surface area contributed by atoms with E-state index in [-0.39, 0.29) is 6.04 Å². The monoisotopic (exact) mass is 289 g/mol. The summed E-state index contributed by atoms with van der Waals surface area (Å²) in [5.74, 6) is 1.61. The SMILES string of the molecule is CCn1nccc1C(C)NCc1cc(OC)cc(OC)c1. The number of methoxy groups -OCH3 is 2. The summed E-state index contributed by atoms with van der Waals surface area (Å²) in [6.07, 6.45) is 1.84. The van der Waals surface area contributed by atoms with E-state index >= 15 is 0 Å². The molecule has 0 amide bonds. The molecule has 1 aromatic carbocycles. The highest BCUT2D eigenvalue weighted by molar-refractivity contribution is 5.38. The Morgan fingerprint density at radius 1 is 1.19 bits per heavy atom. The molecule has 5 nitrogen and oxygen atoms in total. The number of rotatable bonds is 7. The van der Waals surface area contributed by atoms with Gasteiger partial charge in [-0.1, -0.05) is 0 Å². The van der Waals surface area contributed by atoms with Crippen LogP contribution in [0.1, 0.15) is 31.1 Å². The van der Waals surface area contributed by atoms with Crippen LogP contribution in [0.5, 0.6) is 11.5 Å². The van der Waals surface area contributed by atoms with Crippen LogP contribution in [0.2, 0.25) is 0 Å². The summed E-state index contributed by atoms with van der Waals surface area (Å²) in [4.78, 5) is 0. The highest BCUT2D eigenvalue weighted by Crippen LogP contribution is 2.23. The molecule has 1 heterocycles. The van der Waals surface area contributed by atoms with Crippen molar-refractivity contribution in [1.29, 1.82) is 0 Å². The van der Waals surface area contributed by atoms with Gasteiger partial charge >= 0.3 is 0 Å². The number of ether oxygens (including phenoxy) is 2. The molecule has 0 saturated carbocycles. The van der Waals surface area contributed by atoms with E-state index in [0.29, 0.717) is 0 Å². The molecule has 1 N–H and O–H groups in total. The van der Waals surface area contributed by atoms with E-state index in [4.69, 9.17) is 9.47 Å². The van der Waals surface area contributed by atoms with Crippen LogP contribution in [0.3, 0.4) is 0 Å². The molecular weight excluding hydrogens is 266 g/mol. The molecule has 21 heavy (non-hydrogen) atoms. The lowest BCUT2D eigenvalue weighted by molar-refractivity contribution is 0.392. The van der Waals surface area contributed by atoms with Crippen molar-refractivity contribution in [2.75, 3.05) is 14.2 Å². The largest absolute Gasteiger partial charge is 0.497 e.